The lowest BCUT2D eigenvalue weighted by molar-refractivity contribution is -0.141. The fourth-order valence-corrected chi connectivity index (χ4v) is 2.09. The maximum atomic E-state index is 11.8. The van der Waals surface area contributed by atoms with Gasteiger partial charge < -0.3 is 15.3 Å². The Morgan fingerprint density at radius 1 is 1.47 bits per heavy atom. The summed E-state index contributed by atoms with van der Waals surface area (Å²) in [4.78, 5) is 24.3. The summed E-state index contributed by atoms with van der Waals surface area (Å²) in [5, 5.41) is 11.8. The Kier molecular flexibility index (Phi) is 4.78. The van der Waals surface area contributed by atoms with Crippen LogP contribution in [-0.2, 0) is 4.79 Å². The van der Waals surface area contributed by atoms with E-state index < -0.39 is 5.97 Å². The van der Waals surface area contributed by atoms with E-state index in [-0.39, 0.29) is 24.0 Å². The van der Waals surface area contributed by atoms with E-state index in [0.29, 0.717) is 12.8 Å². The summed E-state index contributed by atoms with van der Waals surface area (Å²) in [6.07, 6.45) is 2.88. The van der Waals surface area contributed by atoms with Crippen LogP contribution in [0.4, 0.5) is 4.79 Å². The molecule has 1 fully saturated rings. The molecule has 0 aromatic carbocycles. The van der Waals surface area contributed by atoms with E-state index in [4.69, 9.17) is 5.11 Å². The van der Waals surface area contributed by atoms with Crippen molar-refractivity contribution in [2.45, 2.75) is 51.6 Å². The molecule has 0 bridgehead atoms. The average Bonchev–Trinajstić information content (AvgIpc) is 2.75. The molecule has 0 saturated heterocycles. The number of carboxylic acid groups (broad SMARTS) is 1. The molecule has 1 aliphatic rings. The monoisotopic (exact) mass is 242 g/mol. The summed E-state index contributed by atoms with van der Waals surface area (Å²) in [5.74, 6) is -1.05. The number of rotatable bonds is 4. The first-order chi connectivity index (χ1) is 7.95. The van der Waals surface area contributed by atoms with Crippen molar-refractivity contribution in [3.8, 4) is 0 Å². The molecule has 1 saturated carbocycles. The lowest BCUT2D eigenvalue weighted by atomic mass is 10.1. The van der Waals surface area contributed by atoms with E-state index in [1.54, 1.807) is 11.9 Å². The van der Waals surface area contributed by atoms with Crippen LogP contribution in [0.3, 0.4) is 0 Å². The zero-order valence-corrected chi connectivity index (χ0v) is 10.8. The third-order valence-electron chi connectivity index (χ3n) is 3.68. The molecule has 1 rings (SSSR count). The molecule has 0 aromatic heterocycles. The zero-order valence-electron chi connectivity index (χ0n) is 10.8. The third kappa shape index (κ3) is 3.61. The van der Waals surface area contributed by atoms with Gasteiger partial charge in [-0.2, -0.15) is 0 Å². The van der Waals surface area contributed by atoms with Gasteiger partial charge >= 0.3 is 12.0 Å². The zero-order chi connectivity index (χ0) is 13.0. The van der Waals surface area contributed by atoms with Gasteiger partial charge in [-0.15, -0.1) is 0 Å². The van der Waals surface area contributed by atoms with Crippen LogP contribution in [0, 0.1) is 5.92 Å². The molecule has 2 amide bonds. The summed E-state index contributed by atoms with van der Waals surface area (Å²) in [6.45, 7) is 4.03. The van der Waals surface area contributed by atoms with Crippen LogP contribution < -0.4 is 5.32 Å². The molecule has 0 radical (unpaired) electrons. The molecule has 5 heteroatoms. The van der Waals surface area contributed by atoms with Crippen LogP contribution in [0.15, 0.2) is 0 Å². The van der Waals surface area contributed by atoms with Gasteiger partial charge in [0.1, 0.15) is 0 Å². The Morgan fingerprint density at radius 2 is 2.12 bits per heavy atom. The summed E-state index contributed by atoms with van der Waals surface area (Å²) in [7, 11) is 1.77. The predicted molar refractivity (Wildman–Crippen MR) is 64.8 cm³/mol. The Labute approximate surface area is 102 Å². The van der Waals surface area contributed by atoms with E-state index >= 15 is 0 Å². The topological polar surface area (TPSA) is 69.6 Å². The van der Waals surface area contributed by atoms with Gasteiger partial charge in [0, 0.05) is 19.1 Å². The molecule has 3 atom stereocenters. The van der Waals surface area contributed by atoms with E-state index in [9.17, 15) is 9.59 Å². The minimum absolute atomic E-state index is 0.00936. The van der Waals surface area contributed by atoms with E-state index in [2.05, 4.69) is 5.32 Å². The van der Waals surface area contributed by atoms with Gasteiger partial charge in [0.05, 0.1) is 5.92 Å². The number of nitrogens with one attached hydrogen (secondary N) is 1. The Bertz CT molecular complexity index is 293. The molecule has 17 heavy (non-hydrogen) atoms. The van der Waals surface area contributed by atoms with Crippen molar-refractivity contribution < 1.29 is 14.7 Å². The van der Waals surface area contributed by atoms with Gasteiger partial charge in [-0.05, 0) is 32.6 Å². The van der Waals surface area contributed by atoms with Crippen LogP contribution in [0.5, 0.6) is 0 Å². The first-order valence-electron chi connectivity index (χ1n) is 6.21. The maximum Gasteiger partial charge on any atom is 0.317 e. The average molecular weight is 242 g/mol. The molecular formula is C12H22N2O3. The fraction of sp³-hybridized carbons (Fsp3) is 0.833. The minimum atomic E-state index is -0.753. The molecule has 0 aliphatic heterocycles. The second kappa shape index (κ2) is 5.89. The standard InChI is InChI=1S/C12H22N2O3/c1-4-8(2)14(3)12(17)13-10-6-5-9(7-10)11(15)16/h8-10H,4-7H2,1-3H3,(H,13,17)(H,15,16). The van der Waals surface area contributed by atoms with Crippen LogP contribution in [0.1, 0.15) is 39.5 Å². The van der Waals surface area contributed by atoms with Gasteiger partial charge in [-0.1, -0.05) is 6.92 Å². The maximum absolute atomic E-state index is 11.8. The van der Waals surface area contributed by atoms with Gasteiger partial charge in [0.15, 0.2) is 0 Å². The van der Waals surface area contributed by atoms with E-state index in [1.807, 2.05) is 13.8 Å². The molecule has 98 valence electrons. The van der Waals surface area contributed by atoms with Crippen LogP contribution >= 0.6 is 0 Å². The molecular weight excluding hydrogens is 220 g/mol. The van der Waals surface area contributed by atoms with Gasteiger partial charge in [0.2, 0.25) is 0 Å². The third-order valence-corrected chi connectivity index (χ3v) is 3.68. The number of urea groups is 1. The number of nitrogens with zero attached hydrogens (tertiary/aromatic N) is 1. The summed E-state index contributed by atoms with van der Waals surface area (Å²) < 4.78 is 0. The van der Waals surface area contributed by atoms with Crippen LogP contribution in [-0.4, -0.2) is 41.1 Å². The number of amides is 2. The SMILES string of the molecule is CCC(C)N(C)C(=O)NC1CCC(C(=O)O)C1. The molecule has 1 aliphatic carbocycles. The lowest BCUT2D eigenvalue weighted by Crippen LogP contribution is -2.45. The molecule has 0 heterocycles. The lowest BCUT2D eigenvalue weighted by Gasteiger charge is -2.26. The molecule has 3 unspecified atom stereocenters. The van der Waals surface area contributed by atoms with Crippen LogP contribution in [0.2, 0.25) is 0 Å². The fourth-order valence-electron chi connectivity index (χ4n) is 2.09. The van der Waals surface area contributed by atoms with Gasteiger partial charge in [-0.25, -0.2) is 4.79 Å². The number of aliphatic carboxylic acids is 1. The highest BCUT2D eigenvalue weighted by molar-refractivity contribution is 5.75. The van der Waals surface area contributed by atoms with Gasteiger partial charge in [0.25, 0.3) is 0 Å². The summed E-state index contributed by atoms with van der Waals surface area (Å²) >= 11 is 0. The van der Waals surface area contributed by atoms with Crippen molar-refractivity contribution >= 4 is 12.0 Å². The van der Waals surface area contributed by atoms with Crippen molar-refractivity contribution in [2.24, 2.45) is 5.92 Å². The molecule has 0 aromatic rings. The smallest absolute Gasteiger partial charge is 0.317 e. The molecule has 2 N–H and O–H groups in total. The number of carbonyl (C=O) groups excluding carboxylic acids is 1. The van der Waals surface area contributed by atoms with Crippen molar-refractivity contribution in [1.29, 1.82) is 0 Å². The predicted octanol–water partition coefficient (Wildman–Crippen LogP) is 1.68. The van der Waals surface area contributed by atoms with E-state index in [0.717, 1.165) is 12.8 Å². The number of hydrogen-bond acceptors (Lipinski definition) is 2. The highest BCUT2D eigenvalue weighted by atomic mass is 16.4. The van der Waals surface area contributed by atoms with Crippen LogP contribution in [0.25, 0.3) is 0 Å². The van der Waals surface area contributed by atoms with Crippen molar-refractivity contribution in [1.82, 2.24) is 10.2 Å². The number of carbonyl (C=O) groups is 2. The largest absolute Gasteiger partial charge is 0.481 e. The Hall–Kier alpha value is -1.26. The quantitative estimate of drug-likeness (QED) is 0.788. The van der Waals surface area contributed by atoms with Crippen molar-refractivity contribution in [2.75, 3.05) is 7.05 Å². The second-order valence-electron chi connectivity index (χ2n) is 4.86. The summed E-state index contributed by atoms with van der Waals surface area (Å²) in [6, 6.07) is 0.108. The highest BCUT2D eigenvalue weighted by Crippen LogP contribution is 2.25. The molecule has 5 nitrogen and oxygen atoms in total. The summed E-state index contributed by atoms with van der Waals surface area (Å²) in [5.41, 5.74) is 0. The Morgan fingerprint density at radius 3 is 2.59 bits per heavy atom. The number of hydrogen-bond donors (Lipinski definition) is 2. The van der Waals surface area contributed by atoms with Crippen molar-refractivity contribution in [3.63, 3.8) is 0 Å². The Balaban J connectivity index is 2.40. The van der Waals surface area contributed by atoms with Gasteiger partial charge in [-0.3, -0.25) is 4.79 Å². The van der Waals surface area contributed by atoms with Crippen molar-refractivity contribution in [3.05, 3.63) is 0 Å². The highest BCUT2D eigenvalue weighted by Gasteiger charge is 2.31. The minimum Gasteiger partial charge on any atom is -0.481 e. The first-order valence-corrected chi connectivity index (χ1v) is 6.21. The van der Waals surface area contributed by atoms with E-state index in [1.165, 1.54) is 0 Å². The molecule has 0 spiro atoms. The first kappa shape index (κ1) is 13.8. The number of carboxylic acids is 1. The normalized spacial score (nSPS) is 25.4. The second-order valence-corrected chi connectivity index (χ2v) is 4.86.